The van der Waals surface area contributed by atoms with E-state index in [4.69, 9.17) is 14.5 Å². The van der Waals surface area contributed by atoms with Gasteiger partial charge in [-0.2, -0.15) is 9.40 Å². The summed E-state index contributed by atoms with van der Waals surface area (Å²) >= 11 is 0. The Labute approximate surface area is 241 Å². The van der Waals surface area contributed by atoms with Gasteiger partial charge in [-0.1, -0.05) is 33.1 Å². The van der Waals surface area contributed by atoms with Gasteiger partial charge in [0, 0.05) is 46.9 Å². The van der Waals surface area contributed by atoms with Crippen LogP contribution in [0.4, 0.5) is 0 Å². The first-order valence-corrected chi connectivity index (χ1v) is 15.9. The molecule has 1 saturated carbocycles. The molecule has 12 nitrogen and oxygen atoms in total. The highest BCUT2D eigenvalue weighted by Gasteiger charge is 2.31. The molecule has 13 heteroatoms. The van der Waals surface area contributed by atoms with Crippen molar-refractivity contribution in [2.24, 2.45) is 18.9 Å². The summed E-state index contributed by atoms with van der Waals surface area (Å²) in [4.78, 5) is 25.7. The summed E-state index contributed by atoms with van der Waals surface area (Å²) in [7, 11) is 1.53. The fourth-order valence-electron chi connectivity index (χ4n) is 5.67. The minimum absolute atomic E-state index is 0.0472. The molecule has 0 aromatic carbocycles. The Morgan fingerprint density at radius 3 is 2.46 bits per heavy atom. The number of likely N-dealkylation sites (N-methyl/N-ethyl adjacent to an activating group) is 1. The number of hydrogen-bond donors (Lipinski definition) is 0. The fourth-order valence-corrected chi connectivity index (χ4v) is 7.06. The zero-order valence-corrected chi connectivity index (χ0v) is 25.5. The van der Waals surface area contributed by atoms with E-state index in [1.165, 1.54) is 16.9 Å². The Morgan fingerprint density at radius 1 is 1.10 bits per heavy atom. The van der Waals surface area contributed by atoms with E-state index in [9.17, 15) is 13.2 Å². The lowest BCUT2D eigenvalue weighted by Crippen LogP contribution is -2.47. The predicted molar refractivity (Wildman–Crippen MR) is 156 cm³/mol. The SMILES string of the molecule is CCc1c2nc(-c3cc(S(=O)(=O)N4CCN(C)CC4)cnc3OCCOC)n(CC(C)C3CCC3)c(=O)c2nn1C. The zero-order valence-electron chi connectivity index (χ0n) is 24.7. The molecule has 1 atom stereocenters. The molecule has 4 heterocycles. The number of rotatable bonds is 11. The smallest absolute Gasteiger partial charge is 0.282 e. The van der Waals surface area contributed by atoms with Gasteiger partial charge in [-0.05, 0) is 31.4 Å². The lowest BCUT2D eigenvalue weighted by Gasteiger charge is -2.32. The Bertz CT molecular complexity index is 1560. The monoisotopic (exact) mass is 587 g/mol. The van der Waals surface area contributed by atoms with Crippen molar-refractivity contribution < 1.29 is 17.9 Å². The Morgan fingerprint density at radius 2 is 1.83 bits per heavy atom. The van der Waals surface area contributed by atoms with Gasteiger partial charge in [0.15, 0.2) is 5.52 Å². The maximum absolute atomic E-state index is 14.0. The molecule has 1 unspecified atom stereocenters. The molecule has 0 N–H and O–H groups in total. The van der Waals surface area contributed by atoms with Gasteiger partial charge in [-0.25, -0.2) is 18.4 Å². The highest BCUT2D eigenvalue weighted by Crippen LogP contribution is 2.36. The van der Waals surface area contributed by atoms with Crippen molar-refractivity contribution >= 4 is 21.1 Å². The van der Waals surface area contributed by atoms with E-state index < -0.39 is 10.0 Å². The minimum Gasteiger partial charge on any atom is -0.475 e. The second-order valence-corrected chi connectivity index (χ2v) is 13.2. The molecule has 0 spiro atoms. The van der Waals surface area contributed by atoms with Gasteiger partial charge in [0.2, 0.25) is 15.9 Å². The number of aryl methyl sites for hydroxylation is 2. The summed E-state index contributed by atoms with van der Waals surface area (Å²) in [6.45, 7) is 7.20. The maximum Gasteiger partial charge on any atom is 0.282 e. The van der Waals surface area contributed by atoms with Crippen LogP contribution in [0.2, 0.25) is 0 Å². The van der Waals surface area contributed by atoms with E-state index in [-0.39, 0.29) is 28.9 Å². The van der Waals surface area contributed by atoms with Crippen molar-refractivity contribution in [1.29, 1.82) is 0 Å². The number of hydrogen-bond acceptors (Lipinski definition) is 9. The van der Waals surface area contributed by atoms with Crippen LogP contribution in [0.5, 0.6) is 5.88 Å². The van der Waals surface area contributed by atoms with E-state index in [2.05, 4.69) is 21.9 Å². The number of ether oxygens (including phenoxy) is 2. The number of piperazine rings is 1. The van der Waals surface area contributed by atoms with Crippen LogP contribution in [-0.4, -0.2) is 95.5 Å². The van der Waals surface area contributed by atoms with Crippen molar-refractivity contribution in [2.45, 2.75) is 51.0 Å². The van der Waals surface area contributed by atoms with Crippen LogP contribution in [0.1, 0.15) is 38.8 Å². The summed E-state index contributed by atoms with van der Waals surface area (Å²) in [6, 6.07) is 1.56. The van der Waals surface area contributed by atoms with Crippen LogP contribution in [0.25, 0.3) is 22.4 Å². The molecular formula is C28H41N7O5S. The number of fused-ring (bicyclic) bond motifs is 1. The van der Waals surface area contributed by atoms with Gasteiger partial charge >= 0.3 is 0 Å². The average molecular weight is 588 g/mol. The number of methoxy groups -OCH3 is 1. The van der Waals surface area contributed by atoms with Crippen LogP contribution >= 0.6 is 0 Å². The van der Waals surface area contributed by atoms with Crippen molar-refractivity contribution in [3.8, 4) is 17.3 Å². The zero-order chi connectivity index (χ0) is 29.3. The van der Waals surface area contributed by atoms with E-state index in [1.54, 1.807) is 22.4 Å². The third-order valence-corrected chi connectivity index (χ3v) is 10.4. The summed E-state index contributed by atoms with van der Waals surface area (Å²) in [5, 5.41) is 4.52. The third kappa shape index (κ3) is 5.77. The topological polar surface area (TPSA) is 125 Å². The summed E-state index contributed by atoms with van der Waals surface area (Å²) in [6.07, 6.45) is 5.43. The highest BCUT2D eigenvalue weighted by molar-refractivity contribution is 7.89. The summed E-state index contributed by atoms with van der Waals surface area (Å²) < 4.78 is 43.4. The second-order valence-electron chi connectivity index (χ2n) is 11.2. The molecule has 224 valence electrons. The van der Waals surface area contributed by atoms with Crippen molar-refractivity contribution in [3.63, 3.8) is 0 Å². The first-order valence-electron chi connectivity index (χ1n) is 14.4. The second kappa shape index (κ2) is 12.2. The Balaban J connectivity index is 1.69. The predicted octanol–water partition coefficient (Wildman–Crippen LogP) is 2.15. The minimum atomic E-state index is -3.83. The van der Waals surface area contributed by atoms with Gasteiger partial charge in [0.1, 0.15) is 22.8 Å². The van der Waals surface area contributed by atoms with Crippen LogP contribution in [0.15, 0.2) is 22.0 Å². The summed E-state index contributed by atoms with van der Waals surface area (Å²) in [5.74, 6) is 1.31. The number of pyridine rings is 1. The number of sulfonamides is 1. The quantitative estimate of drug-likeness (QED) is 0.310. The highest BCUT2D eigenvalue weighted by atomic mass is 32.2. The van der Waals surface area contributed by atoms with Crippen molar-refractivity contribution in [2.75, 3.05) is 53.6 Å². The molecule has 0 radical (unpaired) electrons. The van der Waals surface area contributed by atoms with Gasteiger partial charge in [0.25, 0.3) is 5.56 Å². The third-order valence-electron chi connectivity index (χ3n) is 8.51. The molecule has 5 rings (SSSR count). The van der Waals surface area contributed by atoms with Crippen LogP contribution in [-0.2, 0) is 34.8 Å². The molecule has 3 aromatic rings. The normalized spacial score (nSPS) is 18.1. The average Bonchev–Trinajstić information content (AvgIpc) is 3.24. The van der Waals surface area contributed by atoms with Crippen LogP contribution in [0.3, 0.4) is 0 Å². The van der Waals surface area contributed by atoms with Gasteiger partial charge in [-0.15, -0.1) is 0 Å². The van der Waals surface area contributed by atoms with E-state index in [1.807, 2.05) is 21.0 Å². The van der Waals surface area contributed by atoms with Crippen molar-refractivity contribution in [1.82, 2.24) is 33.5 Å². The molecule has 1 aliphatic heterocycles. The largest absolute Gasteiger partial charge is 0.475 e. The van der Waals surface area contributed by atoms with E-state index >= 15 is 0 Å². The molecule has 3 aromatic heterocycles. The molecule has 0 amide bonds. The number of nitrogens with zero attached hydrogens (tertiary/aromatic N) is 7. The van der Waals surface area contributed by atoms with E-state index in [0.29, 0.717) is 74.1 Å². The molecule has 2 fully saturated rings. The molecule has 41 heavy (non-hydrogen) atoms. The van der Waals surface area contributed by atoms with Crippen LogP contribution < -0.4 is 10.3 Å². The van der Waals surface area contributed by atoms with Crippen molar-refractivity contribution in [3.05, 3.63) is 28.3 Å². The molecule has 2 aliphatic rings. The lowest BCUT2D eigenvalue weighted by molar-refractivity contribution is 0.144. The maximum atomic E-state index is 14.0. The fraction of sp³-hybridized carbons (Fsp3) is 0.643. The van der Waals surface area contributed by atoms with Gasteiger partial charge in [0.05, 0.1) is 24.1 Å². The first kappa shape index (κ1) is 29.6. The van der Waals surface area contributed by atoms with Gasteiger partial charge in [-0.3, -0.25) is 14.0 Å². The standard InChI is InChI=1S/C28H41N7O5S/c1-6-23-24-25(31-33(23)4)28(36)35(18-19(2)20-8-7-9-20)26(30-24)22-16-21(17-29-27(22)40-15-14-39-5)41(37,38)34-12-10-32(3)11-13-34/h16-17,19-20H,6-15,18H2,1-5H3. The molecular weight excluding hydrogens is 546 g/mol. The van der Waals surface area contributed by atoms with Gasteiger partial charge < -0.3 is 14.4 Å². The molecule has 0 bridgehead atoms. The lowest BCUT2D eigenvalue weighted by atomic mass is 9.76. The molecule has 1 aliphatic carbocycles. The molecule has 1 saturated heterocycles. The van der Waals surface area contributed by atoms with Crippen LogP contribution in [0, 0.1) is 11.8 Å². The van der Waals surface area contributed by atoms with E-state index in [0.717, 1.165) is 18.5 Å². The Hall–Kier alpha value is -2.87. The Kier molecular flexibility index (Phi) is 8.78. The summed E-state index contributed by atoms with van der Waals surface area (Å²) in [5.41, 5.74) is 1.76. The number of aromatic nitrogens is 5. The first-order chi connectivity index (χ1) is 19.6.